The van der Waals surface area contributed by atoms with E-state index in [1.807, 2.05) is 6.92 Å². The fourth-order valence-corrected chi connectivity index (χ4v) is 4.54. The molecule has 0 saturated carbocycles. The molecule has 11 heteroatoms. The van der Waals surface area contributed by atoms with Crippen molar-refractivity contribution in [3.8, 4) is 5.75 Å². The molecular formula is C24H26ClN7O3. The predicted octanol–water partition coefficient (Wildman–Crippen LogP) is 3.03. The van der Waals surface area contributed by atoms with Crippen molar-refractivity contribution < 1.29 is 14.3 Å². The number of hydrazone groups is 1. The zero-order valence-corrected chi connectivity index (χ0v) is 20.2. The van der Waals surface area contributed by atoms with E-state index in [-0.39, 0.29) is 23.1 Å². The standard InChI is InChI=1S/C24H26ClN7O3/c1-14-11-19(31(2)29-14)27-23(34)21-17(25)9-6-10-18(21)35-13-16-12-20(33)32-24(26-16)28-22(30-32)15-7-4-3-5-8-15/h6-7,9-12,24,26H,3-5,8,13H2,1-2H3,(H,27,34)(H,28,30). The molecule has 5 rings (SSSR count). The Labute approximate surface area is 207 Å². The summed E-state index contributed by atoms with van der Waals surface area (Å²) in [5.41, 5.74) is 2.67. The first-order chi connectivity index (χ1) is 16.9. The highest BCUT2D eigenvalue weighted by atomic mass is 35.5. The Hall–Kier alpha value is -3.79. The van der Waals surface area contributed by atoms with Gasteiger partial charge in [-0.1, -0.05) is 23.7 Å². The number of ether oxygens (including phenoxy) is 1. The van der Waals surface area contributed by atoms with Crippen LogP contribution in [0.25, 0.3) is 0 Å². The molecule has 1 unspecified atom stereocenters. The predicted molar refractivity (Wildman–Crippen MR) is 132 cm³/mol. The molecule has 10 nitrogen and oxygen atoms in total. The van der Waals surface area contributed by atoms with Crippen molar-refractivity contribution in [2.45, 2.75) is 38.9 Å². The van der Waals surface area contributed by atoms with Gasteiger partial charge in [-0.2, -0.15) is 10.1 Å². The summed E-state index contributed by atoms with van der Waals surface area (Å²) in [6.45, 7) is 1.88. The number of amides is 2. The van der Waals surface area contributed by atoms with E-state index in [1.54, 1.807) is 36.0 Å². The molecule has 0 fully saturated rings. The lowest BCUT2D eigenvalue weighted by molar-refractivity contribution is -0.129. The molecule has 0 saturated heterocycles. The Morgan fingerprint density at radius 2 is 2.17 bits per heavy atom. The van der Waals surface area contributed by atoms with Crippen LogP contribution in [0.15, 0.2) is 52.8 Å². The fourth-order valence-electron chi connectivity index (χ4n) is 4.29. The number of anilines is 1. The first-order valence-electron chi connectivity index (χ1n) is 11.5. The zero-order valence-electron chi connectivity index (χ0n) is 19.5. The van der Waals surface area contributed by atoms with Crippen LogP contribution in [-0.2, 0) is 11.8 Å². The average molecular weight is 496 g/mol. The van der Waals surface area contributed by atoms with Gasteiger partial charge >= 0.3 is 0 Å². The molecule has 1 atom stereocenters. The summed E-state index contributed by atoms with van der Waals surface area (Å²) in [5, 5.41) is 19.7. The molecule has 0 radical (unpaired) electrons. The number of hydrogen-bond acceptors (Lipinski definition) is 7. The summed E-state index contributed by atoms with van der Waals surface area (Å²) in [5.74, 6) is 0.900. The first kappa shape index (κ1) is 23.0. The summed E-state index contributed by atoms with van der Waals surface area (Å²) in [6, 6.07) is 6.75. The molecule has 35 heavy (non-hydrogen) atoms. The molecule has 3 N–H and O–H groups in total. The number of nitrogens with zero attached hydrogens (tertiary/aromatic N) is 4. The van der Waals surface area contributed by atoms with Crippen molar-refractivity contribution in [1.29, 1.82) is 0 Å². The Kier molecular flexibility index (Phi) is 6.21. The molecule has 0 bridgehead atoms. The average Bonchev–Trinajstić information content (AvgIpc) is 3.41. The Bertz CT molecular complexity index is 1280. The number of benzene rings is 1. The number of carbonyl (C=O) groups is 2. The molecule has 182 valence electrons. The highest BCUT2D eigenvalue weighted by Crippen LogP contribution is 2.28. The lowest BCUT2D eigenvalue weighted by Gasteiger charge is -2.28. The maximum atomic E-state index is 13.0. The smallest absolute Gasteiger partial charge is 0.272 e. The van der Waals surface area contributed by atoms with Gasteiger partial charge in [0.25, 0.3) is 11.8 Å². The molecule has 1 aliphatic carbocycles. The molecule has 0 spiro atoms. The topological polar surface area (TPSA) is 113 Å². The SMILES string of the molecule is Cc1cc(NC(=O)c2c(Cl)cccc2OCC2=CC(=O)N3N=C(C4=CCCCC4)NC3N2)n(C)n1. The van der Waals surface area contributed by atoms with E-state index < -0.39 is 12.2 Å². The van der Waals surface area contributed by atoms with Crippen LogP contribution in [0.5, 0.6) is 5.75 Å². The molecule has 2 aliphatic heterocycles. The van der Waals surface area contributed by atoms with Gasteiger partial charge in [0.1, 0.15) is 23.7 Å². The number of carbonyl (C=O) groups excluding carboxylic acids is 2. The number of nitrogens with one attached hydrogen (secondary N) is 3. The van der Waals surface area contributed by atoms with Gasteiger partial charge in [-0.05, 0) is 50.3 Å². The zero-order chi connectivity index (χ0) is 24.5. The van der Waals surface area contributed by atoms with E-state index >= 15 is 0 Å². The largest absolute Gasteiger partial charge is 0.487 e. The van der Waals surface area contributed by atoms with Gasteiger partial charge in [0.2, 0.25) is 6.29 Å². The third-order valence-corrected chi connectivity index (χ3v) is 6.31. The van der Waals surface area contributed by atoms with Crippen LogP contribution in [0, 0.1) is 6.92 Å². The number of halogens is 1. The maximum absolute atomic E-state index is 13.0. The molecular weight excluding hydrogens is 470 g/mol. The molecule has 3 aliphatic rings. The van der Waals surface area contributed by atoms with Crippen LogP contribution in [0.4, 0.5) is 5.82 Å². The fraction of sp³-hybridized carbons (Fsp3) is 0.333. The van der Waals surface area contributed by atoms with Crippen LogP contribution >= 0.6 is 11.6 Å². The number of fused-ring (bicyclic) bond motifs is 1. The molecule has 2 amide bonds. The Balaban J connectivity index is 1.27. The summed E-state index contributed by atoms with van der Waals surface area (Å²) in [6.07, 6.45) is 7.40. The van der Waals surface area contributed by atoms with Crippen molar-refractivity contribution in [3.63, 3.8) is 0 Å². The van der Waals surface area contributed by atoms with Gasteiger partial charge in [0.05, 0.1) is 16.4 Å². The van der Waals surface area contributed by atoms with Crippen LogP contribution in [0.2, 0.25) is 5.02 Å². The number of allylic oxidation sites excluding steroid dienone is 1. The normalized spacial score (nSPS) is 19.2. The van der Waals surface area contributed by atoms with Gasteiger partial charge in [-0.3, -0.25) is 14.3 Å². The quantitative estimate of drug-likeness (QED) is 0.568. The van der Waals surface area contributed by atoms with E-state index in [2.05, 4.69) is 32.2 Å². The van der Waals surface area contributed by atoms with E-state index in [4.69, 9.17) is 16.3 Å². The third kappa shape index (κ3) is 4.74. The van der Waals surface area contributed by atoms with E-state index in [0.717, 1.165) is 36.4 Å². The maximum Gasteiger partial charge on any atom is 0.272 e. The minimum absolute atomic E-state index is 0.0429. The molecule has 2 aromatic rings. The summed E-state index contributed by atoms with van der Waals surface area (Å²) >= 11 is 6.36. The van der Waals surface area contributed by atoms with Crippen molar-refractivity contribution in [2.75, 3.05) is 11.9 Å². The second-order valence-electron chi connectivity index (χ2n) is 8.62. The van der Waals surface area contributed by atoms with Gasteiger partial charge in [0, 0.05) is 19.2 Å². The van der Waals surface area contributed by atoms with Crippen molar-refractivity contribution in [1.82, 2.24) is 25.4 Å². The van der Waals surface area contributed by atoms with Gasteiger partial charge < -0.3 is 20.7 Å². The summed E-state index contributed by atoms with van der Waals surface area (Å²) in [7, 11) is 1.74. The second-order valence-corrected chi connectivity index (χ2v) is 9.02. The summed E-state index contributed by atoms with van der Waals surface area (Å²) in [4.78, 5) is 25.7. The number of rotatable bonds is 6. The van der Waals surface area contributed by atoms with E-state index in [1.165, 1.54) is 17.5 Å². The molecule has 1 aromatic carbocycles. The molecule has 1 aromatic heterocycles. The second kappa shape index (κ2) is 9.46. The van der Waals surface area contributed by atoms with Crippen LogP contribution in [0.3, 0.4) is 0 Å². The highest BCUT2D eigenvalue weighted by Gasteiger charge is 2.35. The van der Waals surface area contributed by atoms with Crippen LogP contribution in [0.1, 0.15) is 41.7 Å². The van der Waals surface area contributed by atoms with Crippen molar-refractivity contribution in [3.05, 3.63) is 64.0 Å². The monoisotopic (exact) mass is 495 g/mol. The van der Waals surface area contributed by atoms with E-state index in [0.29, 0.717) is 17.3 Å². The van der Waals surface area contributed by atoms with Crippen molar-refractivity contribution in [2.24, 2.45) is 12.1 Å². The first-order valence-corrected chi connectivity index (χ1v) is 11.8. The minimum Gasteiger partial charge on any atom is -0.487 e. The van der Waals surface area contributed by atoms with Crippen LogP contribution < -0.4 is 20.7 Å². The van der Waals surface area contributed by atoms with Gasteiger partial charge in [-0.15, -0.1) is 5.10 Å². The number of amidine groups is 1. The third-order valence-electron chi connectivity index (χ3n) is 6.00. The van der Waals surface area contributed by atoms with Crippen LogP contribution in [-0.4, -0.2) is 45.3 Å². The Morgan fingerprint density at radius 1 is 1.31 bits per heavy atom. The number of hydrogen-bond donors (Lipinski definition) is 3. The summed E-state index contributed by atoms with van der Waals surface area (Å²) < 4.78 is 7.52. The number of aryl methyl sites for hydroxylation is 2. The minimum atomic E-state index is -0.487. The van der Waals surface area contributed by atoms with Gasteiger partial charge in [0.15, 0.2) is 5.84 Å². The highest BCUT2D eigenvalue weighted by molar-refractivity contribution is 6.34. The Morgan fingerprint density at radius 3 is 2.91 bits per heavy atom. The molecule has 3 heterocycles. The van der Waals surface area contributed by atoms with Crippen molar-refractivity contribution >= 4 is 35.1 Å². The lowest BCUT2D eigenvalue weighted by Crippen LogP contribution is -2.54. The lowest BCUT2D eigenvalue weighted by atomic mass is 9.99. The number of aromatic nitrogens is 2. The van der Waals surface area contributed by atoms with Gasteiger partial charge in [-0.25, -0.2) is 0 Å². The van der Waals surface area contributed by atoms with E-state index in [9.17, 15) is 9.59 Å².